The van der Waals surface area contributed by atoms with Gasteiger partial charge in [0.2, 0.25) is 0 Å². The van der Waals surface area contributed by atoms with Crippen molar-refractivity contribution in [3.05, 3.63) is 10.1 Å². The predicted molar refractivity (Wildman–Crippen MR) is 16.1 cm³/mol. The third kappa shape index (κ3) is 10.7. The Kier molecular flexibility index (Phi) is 8.06. The van der Waals surface area contributed by atoms with Gasteiger partial charge in [-0.1, -0.05) is 0 Å². The first-order valence-corrected chi connectivity index (χ1v) is 1.04. The first-order chi connectivity index (χ1) is 2.77. The standard InChI is InChI=1S/BHNO4.Ni/c3-1-6-2(4)5;/h3H;. The van der Waals surface area contributed by atoms with Gasteiger partial charge in [0.15, 0.2) is 0 Å². The Morgan fingerprint density at radius 3 is 2.29 bits per heavy atom. The van der Waals surface area contributed by atoms with Crippen molar-refractivity contribution in [1.82, 2.24) is 0 Å². The molecule has 0 aliphatic rings. The molecule has 0 aliphatic heterocycles. The van der Waals surface area contributed by atoms with Gasteiger partial charge in [0.05, 0.1) is 0 Å². The zero-order chi connectivity index (χ0) is 4.99. The first kappa shape index (κ1) is 9.87. The van der Waals surface area contributed by atoms with Crippen molar-refractivity contribution in [2.45, 2.75) is 0 Å². The summed E-state index contributed by atoms with van der Waals surface area (Å²) >= 11 is 0. The zero-order valence-electron chi connectivity index (χ0n) is 3.01. The van der Waals surface area contributed by atoms with E-state index in [1.165, 1.54) is 0 Å². The topological polar surface area (TPSA) is 72.6 Å². The molecule has 7 heavy (non-hydrogen) atoms. The van der Waals surface area contributed by atoms with Crippen LogP contribution in [0.25, 0.3) is 0 Å². The van der Waals surface area contributed by atoms with Gasteiger partial charge in [-0.15, -0.1) is 10.1 Å². The fraction of sp³-hybridized carbons (Fsp3) is 0. The molecule has 0 aliphatic carbocycles. The second kappa shape index (κ2) is 5.72. The molecule has 0 rings (SSSR count). The monoisotopic (exact) mass is 148 g/mol. The SMILES string of the molecule is O=[N+]([O-])O[B]O.[Ni]. The summed E-state index contributed by atoms with van der Waals surface area (Å²) in [6.45, 7) is 0. The molecule has 1 radical (unpaired) electrons. The summed E-state index contributed by atoms with van der Waals surface area (Å²) in [6.07, 6.45) is 0. The molecule has 5 nitrogen and oxygen atoms in total. The van der Waals surface area contributed by atoms with Gasteiger partial charge in [-0.2, -0.15) is 0 Å². The van der Waals surface area contributed by atoms with Gasteiger partial charge in [-0.05, 0) is 0 Å². The normalized spacial score (nSPS) is 5.86. The largest absolute Gasteiger partial charge is 0.530 e. The fourth-order valence-corrected chi connectivity index (χ4v) is 0.0385. The number of hydrogen-bond donors (Lipinski definition) is 1. The summed E-state index contributed by atoms with van der Waals surface area (Å²) in [5, 5.41) is 15.3. The van der Waals surface area contributed by atoms with E-state index in [4.69, 9.17) is 15.1 Å². The molecule has 0 aromatic carbocycles. The quantitative estimate of drug-likeness (QED) is 0.301. The maximum atomic E-state index is 8.99. The van der Waals surface area contributed by atoms with Crippen LogP contribution in [0.1, 0.15) is 0 Å². The van der Waals surface area contributed by atoms with Gasteiger partial charge < -0.3 is 9.78 Å². The van der Waals surface area contributed by atoms with Crippen LogP contribution in [0.4, 0.5) is 0 Å². The summed E-state index contributed by atoms with van der Waals surface area (Å²) in [5.41, 5.74) is 0. The van der Waals surface area contributed by atoms with E-state index in [-0.39, 0.29) is 24.2 Å². The molecule has 0 unspecified atom stereocenters. The summed E-state index contributed by atoms with van der Waals surface area (Å²) in [4.78, 5) is 8.99. The minimum Gasteiger partial charge on any atom is -0.431 e. The van der Waals surface area contributed by atoms with E-state index in [2.05, 4.69) is 4.76 Å². The molecule has 0 bridgehead atoms. The van der Waals surface area contributed by atoms with Crippen LogP contribution in [0.5, 0.6) is 0 Å². The third-order valence-electron chi connectivity index (χ3n) is 0.133. The number of nitrogens with zero attached hydrogens (tertiary/aromatic N) is 1. The molecule has 0 heterocycles. The molecule has 43 valence electrons. The molecule has 0 amide bonds. The smallest absolute Gasteiger partial charge is 0.431 e. The van der Waals surface area contributed by atoms with Crippen LogP contribution < -0.4 is 0 Å². The molecule has 0 saturated carbocycles. The predicted octanol–water partition coefficient (Wildman–Crippen LogP) is -1.28. The van der Waals surface area contributed by atoms with E-state index < -0.39 is 5.09 Å². The fourth-order valence-electron chi connectivity index (χ4n) is 0.0385. The Morgan fingerprint density at radius 1 is 1.86 bits per heavy atom. The molecule has 0 aromatic rings. The molecular weight excluding hydrogens is 148 g/mol. The van der Waals surface area contributed by atoms with Crippen molar-refractivity contribution in [2.75, 3.05) is 0 Å². The molecule has 7 heteroatoms. The number of rotatable bonds is 2. The van der Waals surface area contributed by atoms with Gasteiger partial charge >= 0.3 is 7.69 Å². The van der Waals surface area contributed by atoms with Crippen LogP contribution in [0.15, 0.2) is 0 Å². The third-order valence-corrected chi connectivity index (χ3v) is 0.133. The maximum Gasteiger partial charge on any atom is 0.530 e. The molecular formula is HBNNiO4. The minimum absolute atomic E-state index is 0. The van der Waals surface area contributed by atoms with Crippen molar-refractivity contribution >= 4 is 7.69 Å². The average molecular weight is 149 g/mol. The van der Waals surface area contributed by atoms with Crippen LogP contribution >= 0.6 is 0 Å². The van der Waals surface area contributed by atoms with Crippen molar-refractivity contribution < 1.29 is 31.4 Å². The van der Waals surface area contributed by atoms with Crippen molar-refractivity contribution in [3.63, 3.8) is 0 Å². The van der Waals surface area contributed by atoms with Gasteiger partial charge in [-0.3, -0.25) is 0 Å². The van der Waals surface area contributed by atoms with Crippen molar-refractivity contribution in [3.8, 4) is 0 Å². The van der Waals surface area contributed by atoms with E-state index in [9.17, 15) is 0 Å². The molecule has 0 fully saturated rings. The minimum atomic E-state index is -1.12. The van der Waals surface area contributed by atoms with E-state index in [0.717, 1.165) is 0 Å². The van der Waals surface area contributed by atoms with Crippen LogP contribution in [-0.4, -0.2) is 17.8 Å². The van der Waals surface area contributed by atoms with Gasteiger partial charge in [0.25, 0.3) is 5.09 Å². The second-order valence-electron chi connectivity index (χ2n) is 0.434. The molecule has 0 saturated heterocycles. The Morgan fingerprint density at radius 2 is 2.29 bits per heavy atom. The molecule has 0 atom stereocenters. The summed E-state index contributed by atoms with van der Waals surface area (Å²) < 4.78 is 3.19. The maximum absolute atomic E-state index is 8.99. The van der Waals surface area contributed by atoms with Crippen LogP contribution in [0.3, 0.4) is 0 Å². The Balaban J connectivity index is 0. The summed E-state index contributed by atoms with van der Waals surface area (Å²) in [5.74, 6) is 0. The van der Waals surface area contributed by atoms with Crippen LogP contribution in [0.2, 0.25) is 0 Å². The molecule has 0 aromatic heterocycles. The average Bonchev–Trinajstić information content (AvgIpc) is 1.35. The van der Waals surface area contributed by atoms with Crippen LogP contribution in [-0.2, 0) is 21.2 Å². The Hall–Kier alpha value is -0.282. The van der Waals surface area contributed by atoms with Gasteiger partial charge in [-0.25, -0.2) is 0 Å². The summed E-state index contributed by atoms with van der Waals surface area (Å²) in [6, 6.07) is 0. The number of hydrogen-bond acceptors (Lipinski definition) is 4. The van der Waals surface area contributed by atoms with Crippen molar-refractivity contribution in [2.24, 2.45) is 0 Å². The second-order valence-corrected chi connectivity index (χ2v) is 0.434. The van der Waals surface area contributed by atoms with E-state index >= 15 is 0 Å². The van der Waals surface area contributed by atoms with E-state index in [1.807, 2.05) is 0 Å². The van der Waals surface area contributed by atoms with Crippen molar-refractivity contribution in [1.29, 1.82) is 0 Å². The van der Waals surface area contributed by atoms with Gasteiger partial charge in [0.1, 0.15) is 0 Å². The molecule has 0 spiro atoms. The zero-order valence-corrected chi connectivity index (χ0v) is 4.00. The Bertz CT molecular complexity index is 55.7. The van der Waals surface area contributed by atoms with E-state index in [1.54, 1.807) is 0 Å². The summed E-state index contributed by atoms with van der Waals surface area (Å²) in [7, 11) is 0. The molecule has 1 N–H and O–H groups in total. The van der Waals surface area contributed by atoms with Crippen LogP contribution in [0, 0.1) is 10.1 Å². The van der Waals surface area contributed by atoms with Gasteiger partial charge in [0, 0.05) is 16.5 Å². The van der Waals surface area contributed by atoms with E-state index in [0.29, 0.717) is 0 Å². The Labute approximate surface area is 50.0 Å². The first-order valence-electron chi connectivity index (χ1n) is 1.04.